The molecule has 0 aliphatic carbocycles. The predicted octanol–water partition coefficient (Wildman–Crippen LogP) is 1.41. The Balaban J connectivity index is 1.86. The number of nitrogens with zero attached hydrogens (tertiary/aromatic N) is 1. The van der Waals surface area contributed by atoms with Crippen molar-refractivity contribution in [2.45, 2.75) is 5.75 Å². The smallest absolute Gasteiger partial charge is 0.247 e. The van der Waals surface area contributed by atoms with E-state index < -0.39 is 0 Å². The average Bonchev–Trinajstić information content (AvgIpc) is 2.63. The van der Waals surface area contributed by atoms with Crippen molar-refractivity contribution in [1.82, 2.24) is 5.32 Å². The molecule has 0 saturated carbocycles. The van der Waals surface area contributed by atoms with E-state index in [1.54, 1.807) is 11.8 Å². The van der Waals surface area contributed by atoms with Gasteiger partial charge in [-0.2, -0.15) is 0 Å². The highest BCUT2D eigenvalue weighted by Crippen LogP contribution is 2.13. The van der Waals surface area contributed by atoms with Gasteiger partial charge in [0.2, 0.25) is 5.91 Å². The third-order valence-corrected chi connectivity index (χ3v) is 2.81. The Kier molecular flexibility index (Phi) is 2.84. The SMILES string of the molecule is O=C1CN=C(SCc2ccccc2)N1. The Hall–Kier alpha value is -1.29. The van der Waals surface area contributed by atoms with Crippen molar-refractivity contribution in [2.75, 3.05) is 6.54 Å². The van der Waals surface area contributed by atoms with Gasteiger partial charge in [0, 0.05) is 5.75 Å². The third-order valence-electron chi connectivity index (χ3n) is 1.83. The minimum Gasteiger partial charge on any atom is -0.304 e. The van der Waals surface area contributed by atoms with Crippen LogP contribution in [0.3, 0.4) is 0 Å². The molecule has 1 aliphatic heterocycles. The number of rotatable bonds is 2. The summed E-state index contributed by atoms with van der Waals surface area (Å²) in [5, 5.41) is 3.43. The van der Waals surface area contributed by atoms with Crippen LogP contribution in [-0.4, -0.2) is 17.6 Å². The van der Waals surface area contributed by atoms with Gasteiger partial charge in [0.1, 0.15) is 6.54 Å². The van der Waals surface area contributed by atoms with Crippen LogP contribution in [0.4, 0.5) is 0 Å². The van der Waals surface area contributed by atoms with Gasteiger partial charge in [-0.15, -0.1) is 0 Å². The van der Waals surface area contributed by atoms with Crippen LogP contribution in [0.1, 0.15) is 5.56 Å². The first kappa shape index (κ1) is 9.27. The first-order valence-electron chi connectivity index (χ1n) is 4.35. The summed E-state index contributed by atoms with van der Waals surface area (Å²) in [6, 6.07) is 10.1. The van der Waals surface area contributed by atoms with Gasteiger partial charge in [-0.1, -0.05) is 42.1 Å². The molecule has 1 heterocycles. The lowest BCUT2D eigenvalue weighted by Gasteiger charge is -2.00. The minimum absolute atomic E-state index is 0.0134. The molecule has 0 unspecified atom stereocenters. The molecule has 0 radical (unpaired) electrons. The second-order valence-corrected chi connectivity index (χ2v) is 3.91. The summed E-state index contributed by atoms with van der Waals surface area (Å²) >= 11 is 1.56. The van der Waals surface area contributed by atoms with Crippen LogP contribution in [0.5, 0.6) is 0 Å². The Morgan fingerprint density at radius 1 is 1.36 bits per heavy atom. The van der Waals surface area contributed by atoms with E-state index in [-0.39, 0.29) is 12.5 Å². The predicted molar refractivity (Wildman–Crippen MR) is 58.2 cm³/mol. The van der Waals surface area contributed by atoms with Crippen molar-refractivity contribution in [3.8, 4) is 0 Å². The highest BCUT2D eigenvalue weighted by atomic mass is 32.2. The van der Waals surface area contributed by atoms with Crippen molar-refractivity contribution < 1.29 is 4.79 Å². The van der Waals surface area contributed by atoms with Gasteiger partial charge in [-0.25, -0.2) is 0 Å². The van der Waals surface area contributed by atoms with Crippen LogP contribution >= 0.6 is 11.8 Å². The molecule has 0 bridgehead atoms. The number of amidine groups is 1. The highest BCUT2D eigenvalue weighted by Gasteiger charge is 2.12. The highest BCUT2D eigenvalue weighted by molar-refractivity contribution is 8.13. The molecule has 0 aromatic heterocycles. The van der Waals surface area contributed by atoms with E-state index in [1.807, 2.05) is 18.2 Å². The molecule has 0 spiro atoms. The molecule has 2 rings (SSSR count). The van der Waals surface area contributed by atoms with Gasteiger partial charge in [0.25, 0.3) is 0 Å². The summed E-state index contributed by atoms with van der Waals surface area (Å²) in [5.74, 6) is 0.834. The van der Waals surface area contributed by atoms with Gasteiger partial charge in [0.05, 0.1) is 0 Å². The van der Waals surface area contributed by atoms with E-state index >= 15 is 0 Å². The van der Waals surface area contributed by atoms with Crippen molar-refractivity contribution >= 4 is 22.8 Å². The first-order valence-corrected chi connectivity index (χ1v) is 5.34. The zero-order chi connectivity index (χ0) is 9.80. The Labute approximate surface area is 86.6 Å². The molecule has 4 heteroatoms. The number of amides is 1. The summed E-state index contributed by atoms with van der Waals surface area (Å²) in [4.78, 5) is 14.9. The topological polar surface area (TPSA) is 41.5 Å². The number of thioether (sulfide) groups is 1. The van der Waals surface area contributed by atoms with Crippen LogP contribution in [0.25, 0.3) is 0 Å². The van der Waals surface area contributed by atoms with Crippen LogP contribution in [0.2, 0.25) is 0 Å². The molecule has 1 aliphatic rings. The van der Waals surface area contributed by atoms with E-state index in [0.29, 0.717) is 0 Å². The first-order chi connectivity index (χ1) is 6.84. The van der Waals surface area contributed by atoms with Crippen LogP contribution in [-0.2, 0) is 10.5 Å². The van der Waals surface area contributed by atoms with Crippen molar-refractivity contribution in [3.05, 3.63) is 35.9 Å². The second-order valence-electron chi connectivity index (χ2n) is 2.94. The van der Waals surface area contributed by atoms with Crippen LogP contribution < -0.4 is 5.32 Å². The monoisotopic (exact) mass is 206 g/mol. The van der Waals surface area contributed by atoms with Crippen molar-refractivity contribution in [2.24, 2.45) is 4.99 Å². The van der Waals surface area contributed by atoms with E-state index in [4.69, 9.17) is 0 Å². The maximum Gasteiger partial charge on any atom is 0.247 e. The zero-order valence-corrected chi connectivity index (χ0v) is 8.38. The quantitative estimate of drug-likeness (QED) is 0.794. The maximum absolute atomic E-state index is 10.8. The molecule has 3 nitrogen and oxygen atoms in total. The molecular formula is C10H10N2OS. The molecule has 1 amide bonds. The van der Waals surface area contributed by atoms with Crippen LogP contribution in [0, 0.1) is 0 Å². The molecule has 0 fully saturated rings. The lowest BCUT2D eigenvalue weighted by Crippen LogP contribution is -2.22. The van der Waals surface area contributed by atoms with E-state index in [9.17, 15) is 4.79 Å². The Morgan fingerprint density at radius 3 is 2.79 bits per heavy atom. The third kappa shape index (κ3) is 2.35. The van der Waals surface area contributed by atoms with Gasteiger partial charge in [-0.3, -0.25) is 9.79 Å². The number of carbonyl (C=O) groups is 1. The molecule has 1 aromatic rings. The summed E-state index contributed by atoms with van der Waals surface area (Å²) in [6.07, 6.45) is 0. The lowest BCUT2D eigenvalue weighted by molar-refractivity contribution is -0.117. The fraction of sp³-hybridized carbons (Fsp3) is 0.200. The Bertz CT molecular complexity index is 362. The number of hydrogen-bond acceptors (Lipinski definition) is 3. The van der Waals surface area contributed by atoms with Gasteiger partial charge < -0.3 is 5.32 Å². The molecule has 72 valence electrons. The van der Waals surface area contributed by atoms with Crippen molar-refractivity contribution in [1.29, 1.82) is 0 Å². The molecule has 1 aromatic carbocycles. The summed E-state index contributed by atoms with van der Waals surface area (Å²) in [7, 11) is 0. The molecule has 0 atom stereocenters. The second kappa shape index (κ2) is 4.28. The number of benzene rings is 1. The lowest BCUT2D eigenvalue weighted by atomic mass is 10.2. The summed E-state index contributed by atoms with van der Waals surface area (Å²) in [6.45, 7) is 0.275. The molecule has 1 N–H and O–H groups in total. The van der Waals surface area contributed by atoms with Gasteiger partial charge in [-0.05, 0) is 5.56 Å². The molecular weight excluding hydrogens is 196 g/mol. The average molecular weight is 206 g/mol. The normalized spacial score (nSPS) is 15.1. The van der Waals surface area contributed by atoms with Crippen LogP contribution in [0.15, 0.2) is 35.3 Å². The number of hydrogen-bond donors (Lipinski definition) is 1. The fourth-order valence-corrected chi connectivity index (χ4v) is 1.99. The van der Waals surface area contributed by atoms with E-state index in [1.165, 1.54) is 5.56 Å². The van der Waals surface area contributed by atoms with E-state index in [2.05, 4.69) is 22.4 Å². The number of aliphatic imine (C=N–C) groups is 1. The zero-order valence-electron chi connectivity index (χ0n) is 7.56. The van der Waals surface area contributed by atoms with Gasteiger partial charge >= 0.3 is 0 Å². The largest absolute Gasteiger partial charge is 0.304 e. The van der Waals surface area contributed by atoms with Crippen molar-refractivity contribution in [3.63, 3.8) is 0 Å². The van der Waals surface area contributed by atoms with E-state index in [0.717, 1.165) is 10.9 Å². The fourth-order valence-electron chi connectivity index (χ4n) is 1.15. The number of carbonyl (C=O) groups excluding carboxylic acids is 1. The summed E-state index contributed by atoms with van der Waals surface area (Å²) < 4.78 is 0. The minimum atomic E-state index is -0.0134. The number of nitrogens with one attached hydrogen (secondary N) is 1. The molecule has 14 heavy (non-hydrogen) atoms. The van der Waals surface area contributed by atoms with Gasteiger partial charge in [0.15, 0.2) is 5.17 Å². The maximum atomic E-state index is 10.8. The standard InChI is InChI=1S/C10H10N2OS/c13-9-6-11-10(12-9)14-7-8-4-2-1-3-5-8/h1-5H,6-7H2,(H,11,12,13). The Morgan fingerprint density at radius 2 is 2.14 bits per heavy atom. The summed E-state index contributed by atoms with van der Waals surface area (Å²) in [5.41, 5.74) is 1.24. The molecule has 0 saturated heterocycles.